The molecular weight excluding hydrogens is 289 g/mol. The zero-order valence-corrected chi connectivity index (χ0v) is 11.6. The minimum atomic E-state index is -0.986. The van der Waals surface area contributed by atoms with Crippen molar-refractivity contribution in [2.75, 3.05) is 0 Å². The highest BCUT2D eigenvalue weighted by molar-refractivity contribution is 5.85. The number of nitrogens with two attached hydrogens (primary N) is 1. The predicted molar refractivity (Wildman–Crippen MR) is 77.8 cm³/mol. The number of imidazole rings is 1. The number of nitrogens with zero attached hydrogens (tertiary/aromatic N) is 1. The van der Waals surface area contributed by atoms with Gasteiger partial charge in [-0.25, -0.2) is 4.98 Å². The lowest BCUT2D eigenvalue weighted by Crippen LogP contribution is -2.32. The van der Waals surface area contributed by atoms with Gasteiger partial charge in [-0.15, -0.1) is 24.8 Å². The summed E-state index contributed by atoms with van der Waals surface area (Å²) in [6, 6.07) is 6.65. The maximum atomic E-state index is 10.6. The number of nitrogens with one attached hydrogen (secondary N) is 1. The zero-order valence-electron chi connectivity index (χ0n) is 9.95. The van der Waals surface area contributed by atoms with Crippen LogP contribution in [0.1, 0.15) is 5.56 Å². The molecule has 0 aliphatic rings. The van der Waals surface area contributed by atoms with E-state index in [1.807, 2.05) is 24.3 Å². The third-order valence-electron chi connectivity index (χ3n) is 2.50. The van der Waals surface area contributed by atoms with E-state index >= 15 is 0 Å². The Hall–Kier alpha value is -1.56. The van der Waals surface area contributed by atoms with Crippen molar-refractivity contribution in [3.63, 3.8) is 0 Å². The minimum Gasteiger partial charge on any atom is -0.480 e. The highest BCUT2D eigenvalue weighted by atomic mass is 35.5. The van der Waals surface area contributed by atoms with Crippen LogP contribution in [0.2, 0.25) is 0 Å². The average Bonchev–Trinajstić information content (AvgIpc) is 2.83. The van der Waals surface area contributed by atoms with Crippen LogP contribution < -0.4 is 5.73 Å². The summed E-state index contributed by atoms with van der Waals surface area (Å²) < 4.78 is 0. The number of aromatic amines is 1. The summed E-state index contributed by atoms with van der Waals surface area (Å²) in [5, 5.41) is 8.71. The van der Waals surface area contributed by atoms with Crippen LogP contribution in [0.25, 0.3) is 11.4 Å². The van der Waals surface area contributed by atoms with Gasteiger partial charge in [0.1, 0.15) is 11.9 Å². The Morgan fingerprint density at radius 2 is 1.95 bits per heavy atom. The van der Waals surface area contributed by atoms with Gasteiger partial charge in [0, 0.05) is 18.0 Å². The lowest BCUT2D eigenvalue weighted by Gasteiger charge is -2.06. The van der Waals surface area contributed by atoms with Crippen LogP contribution in [0.5, 0.6) is 0 Å². The van der Waals surface area contributed by atoms with Gasteiger partial charge in [0.2, 0.25) is 0 Å². The van der Waals surface area contributed by atoms with Gasteiger partial charge < -0.3 is 15.8 Å². The fraction of sp³-hybridized carbons (Fsp3) is 0.167. The van der Waals surface area contributed by atoms with E-state index in [9.17, 15) is 4.79 Å². The fourth-order valence-corrected chi connectivity index (χ4v) is 1.56. The molecule has 0 aliphatic heterocycles. The summed E-state index contributed by atoms with van der Waals surface area (Å²) in [5.41, 5.74) is 7.32. The molecule has 0 radical (unpaired) electrons. The normalized spacial score (nSPS) is 11.0. The van der Waals surface area contributed by atoms with E-state index in [4.69, 9.17) is 10.8 Å². The fourth-order valence-electron chi connectivity index (χ4n) is 1.56. The zero-order chi connectivity index (χ0) is 12.3. The second kappa shape index (κ2) is 7.78. The highest BCUT2D eigenvalue weighted by Crippen LogP contribution is 2.15. The van der Waals surface area contributed by atoms with Gasteiger partial charge in [-0.05, 0) is 12.0 Å². The van der Waals surface area contributed by atoms with E-state index in [0.29, 0.717) is 6.42 Å². The van der Waals surface area contributed by atoms with Crippen LogP contribution in [0.4, 0.5) is 0 Å². The second-order valence-electron chi connectivity index (χ2n) is 3.78. The van der Waals surface area contributed by atoms with E-state index in [-0.39, 0.29) is 24.8 Å². The third kappa shape index (κ3) is 4.55. The van der Waals surface area contributed by atoms with Crippen LogP contribution in [0.3, 0.4) is 0 Å². The molecule has 1 atom stereocenters. The first kappa shape index (κ1) is 17.4. The molecule has 2 aromatic rings. The number of hydrogen-bond donors (Lipinski definition) is 3. The number of aliphatic carboxylic acids is 1. The molecule has 0 fully saturated rings. The number of rotatable bonds is 4. The maximum Gasteiger partial charge on any atom is 0.320 e. The molecule has 0 aliphatic carbocycles. The molecule has 0 unspecified atom stereocenters. The molecule has 1 aromatic carbocycles. The lowest BCUT2D eigenvalue weighted by molar-refractivity contribution is -0.138. The summed E-state index contributed by atoms with van der Waals surface area (Å²) in [6.07, 6.45) is 3.76. The Balaban J connectivity index is 0.00000162. The number of aromatic nitrogens is 2. The maximum absolute atomic E-state index is 10.6. The second-order valence-corrected chi connectivity index (χ2v) is 3.78. The van der Waals surface area contributed by atoms with E-state index < -0.39 is 12.0 Å². The van der Waals surface area contributed by atoms with Gasteiger partial charge in [-0.2, -0.15) is 0 Å². The molecule has 1 heterocycles. The molecule has 2 rings (SSSR count). The molecule has 0 amide bonds. The molecule has 1 aromatic heterocycles. The lowest BCUT2D eigenvalue weighted by atomic mass is 10.0. The molecule has 0 bridgehead atoms. The van der Waals surface area contributed by atoms with Crippen LogP contribution >= 0.6 is 24.8 Å². The Morgan fingerprint density at radius 1 is 1.32 bits per heavy atom. The Morgan fingerprint density at radius 3 is 2.42 bits per heavy atom. The minimum absolute atomic E-state index is 0. The van der Waals surface area contributed by atoms with Gasteiger partial charge in [0.25, 0.3) is 0 Å². The van der Waals surface area contributed by atoms with Gasteiger partial charge in [-0.3, -0.25) is 4.79 Å². The van der Waals surface area contributed by atoms with E-state index in [1.54, 1.807) is 12.4 Å². The summed E-state index contributed by atoms with van der Waals surface area (Å²) >= 11 is 0. The average molecular weight is 304 g/mol. The SMILES string of the molecule is Cl.Cl.N[C@@H](Cc1ccc(-c2ncc[nH]2)cc1)C(=O)O. The quantitative estimate of drug-likeness (QED) is 0.804. The van der Waals surface area contributed by atoms with E-state index in [2.05, 4.69) is 9.97 Å². The first-order chi connectivity index (χ1) is 8.16. The summed E-state index contributed by atoms with van der Waals surface area (Å²) in [4.78, 5) is 17.8. The highest BCUT2D eigenvalue weighted by Gasteiger charge is 2.11. The summed E-state index contributed by atoms with van der Waals surface area (Å²) in [5.74, 6) is -0.195. The van der Waals surface area contributed by atoms with Gasteiger partial charge in [0.15, 0.2) is 0 Å². The van der Waals surface area contributed by atoms with Crippen molar-refractivity contribution in [2.24, 2.45) is 5.73 Å². The van der Waals surface area contributed by atoms with Crippen LogP contribution in [0, 0.1) is 0 Å². The molecule has 0 saturated carbocycles. The number of halogens is 2. The number of hydrogen-bond acceptors (Lipinski definition) is 3. The summed E-state index contributed by atoms with van der Waals surface area (Å²) in [7, 11) is 0. The smallest absolute Gasteiger partial charge is 0.320 e. The number of carbonyl (C=O) groups is 1. The molecule has 0 spiro atoms. The van der Waals surface area contributed by atoms with Gasteiger partial charge >= 0.3 is 5.97 Å². The Labute approximate surface area is 123 Å². The topological polar surface area (TPSA) is 92.0 Å². The number of benzene rings is 1. The molecule has 19 heavy (non-hydrogen) atoms. The van der Waals surface area contributed by atoms with E-state index in [1.165, 1.54) is 0 Å². The Bertz CT molecular complexity index is 500. The van der Waals surface area contributed by atoms with Crippen molar-refractivity contribution >= 4 is 30.8 Å². The van der Waals surface area contributed by atoms with Crippen molar-refractivity contribution in [1.82, 2.24) is 9.97 Å². The first-order valence-electron chi connectivity index (χ1n) is 5.24. The summed E-state index contributed by atoms with van der Waals surface area (Å²) in [6.45, 7) is 0. The molecule has 104 valence electrons. The van der Waals surface area contributed by atoms with Crippen LogP contribution in [-0.2, 0) is 11.2 Å². The molecule has 0 saturated heterocycles. The van der Waals surface area contributed by atoms with Crippen LogP contribution in [-0.4, -0.2) is 27.1 Å². The van der Waals surface area contributed by atoms with E-state index in [0.717, 1.165) is 17.0 Å². The standard InChI is InChI=1S/C12H13N3O2.2ClH/c13-10(12(16)17)7-8-1-3-9(4-2-8)11-14-5-6-15-11;;/h1-6,10H,7,13H2,(H,14,15)(H,16,17);2*1H/t10-;;/m0../s1. The predicted octanol–water partition coefficient (Wildman–Crippen LogP) is 1.87. The van der Waals surface area contributed by atoms with Crippen molar-refractivity contribution in [3.8, 4) is 11.4 Å². The third-order valence-corrected chi connectivity index (χ3v) is 2.50. The van der Waals surface area contributed by atoms with Crippen LogP contribution in [0.15, 0.2) is 36.7 Å². The number of carboxylic acid groups (broad SMARTS) is 1. The molecular formula is C12H15Cl2N3O2. The number of carboxylic acids is 1. The molecule has 7 heteroatoms. The van der Waals surface area contributed by atoms with Crippen molar-refractivity contribution in [2.45, 2.75) is 12.5 Å². The Kier molecular flexibility index (Phi) is 7.14. The monoisotopic (exact) mass is 303 g/mol. The largest absolute Gasteiger partial charge is 0.480 e. The molecule has 5 nitrogen and oxygen atoms in total. The van der Waals surface area contributed by atoms with Gasteiger partial charge in [-0.1, -0.05) is 24.3 Å². The number of H-pyrrole nitrogens is 1. The molecule has 4 N–H and O–H groups in total. The van der Waals surface area contributed by atoms with Crippen molar-refractivity contribution in [1.29, 1.82) is 0 Å². The van der Waals surface area contributed by atoms with Gasteiger partial charge in [0.05, 0.1) is 0 Å². The first-order valence-corrected chi connectivity index (χ1v) is 5.24. The van der Waals surface area contributed by atoms with Crippen molar-refractivity contribution < 1.29 is 9.90 Å². The van der Waals surface area contributed by atoms with Crippen molar-refractivity contribution in [3.05, 3.63) is 42.2 Å².